The number of anilines is 1. The van der Waals surface area contributed by atoms with Crippen LogP contribution in [0.15, 0.2) is 60.7 Å². The van der Waals surface area contributed by atoms with E-state index in [0.717, 1.165) is 75.2 Å². The number of halogens is 1. The molecule has 3 aromatic carbocycles. The van der Waals surface area contributed by atoms with Gasteiger partial charge in [0.15, 0.2) is 0 Å². The number of nitrogens with zero attached hydrogens (tertiary/aromatic N) is 5. The number of likely N-dealkylation sites (tertiary alicyclic amines) is 2. The van der Waals surface area contributed by atoms with Gasteiger partial charge in [-0.25, -0.2) is 0 Å². The maximum atomic E-state index is 13.3. The van der Waals surface area contributed by atoms with E-state index in [1.54, 1.807) is 29.2 Å². The molecule has 12 heteroatoms. The zero-order valence-electron chi connectivity index (χ0n) is 30.6. The van der Waals surface area contributed by atoms with Crippen LogP contribution in [0.4, 0.5) is 5.69 Å². The summed E-state index contributed by atoms with van der Waals surface area (Å²) >= 11 is 6.15. The van der Waals surface area contributed by atoms with E-state index < -0.39 is 11.9 Å². The van der Waals surface area contributed by atoms with Gasteiger partial charge in [-0.15, -0.1) is 0 Å². The molecule has 0 saturated carbocycles. The average Bonchev–Trinajstić information content (AvgIpc) is 3.50. The zero-order chi connectivity index (χ0) is 38.1. The molecule has 0 spiro atoms. The molecule has 1 unspecified atom stereocenters. The van der Waals surface area contributed by atoms with Gasteiger partial charge in [0.2, 0.25) is 11.8 Å². The highest BCUT2D eigenvalue weighted by atomic mass is 35.5. The molecular formula is C43H43ClN6O5. The Morgan fingerprint density at radius 3 is 2.38 bits per heavy atom. The summed E-state index contributed by atoms with van der Waals surface area (Å²) in [6, 6.07) is 20.2. The van der Waals surface area contributed by atoms with E-state index in [-0.39, 0.29) is 30.2 Å². The Kier molecular flexibility index (Phi) is 10.5. The molecule has 5 aliphatic heterocycles. The lowest BCUT2D eigenvalue weighted by atomic mass is 9.92. The van der Waals surface area contributed by atoms with Crippen molar-refractivity contribution in [3.05, 3.63) is 93.5 Å². The number of carbonyl (C=O) groups excluding carboxylic acids is 4. The molecule has 11 nitrogen and oxygen atoms in total. The maximum absolute atomic E-state index is 13.3. The SMILES string of the molecule is N#Cc1ccc(OC2CCN(C(=O)c3ccc(N4CCC(CN5CC(C#Cc6ccc7c(c6)CN(C6CCC(=O)NC6=O)C7=O)C5)CC4)cc3)CC2)cc1Cl. The molecule has 5 aliphatic rings. The Bertz CT molecular complexity index is 2100. The van der Waals surface area contributed by atoms with Crippen LogP contribution in [-0.4, -0.2) is 96.3 Å². The molecule has 0 bridgehead atoms. The predicted molar refractivity (Wildman–Crippen MR) is 206 cm³/mol. The van der Waals surface area contributed by atoms with Crippen molar-refractivity contribution < 1.29 is 23.9 Å². The molecule has 1 atom stereocenters. The van der Waals surface area contributed by atoms with Crippen LogP contribution in [0.2, 0.25) is 5.02 Å². The van der Waals surface area contributed by atoms with Crippen molar-refractivity contribution in [2.75, 3.05) is 50.7 Å². The first kappa shape index (κ1) is 36.6. The molecule has 282 valence electrons. The van der Waals surface area contributed by atoms with Gasteiger partial charge in [0, 0.05) is 106 Å². The molecule has 1 N–H and O–H groups in total. The largest absolute Gasteiger partial charge is 0.490 e. The van der Waals surface area contributed by atoms with Crippen molar-refractivity contribution in [1.29, 1.82) is 5.26 Å². The van der Waals surface area contributed by atoms with Crippen molar-refractivity contribution in [2.24, 2.45) is 11.8 Å². The van der Waals surface area contributed by atoms with Gasteiger partial charge in [-0.2, -0.15) is 5.26 Å². The van der Waals surface area contributed by atoms with Crippen LogP contribution in [0.25, 0.3) is 0 Å². The van der Waals surface area contributed by atoms with Crippen molar-refractivity contribution in [3.8, 4) is 23.7 Å². The number of ether oxygens (including phenoxy) is 1. The maximum Gasteiger partial charge on any atom is 0.255 e. The summed E-state index contributed by atoms with van der Waals surface area (Å²) < 4.78 is 6.09. The smallest absolute Gasteiger partial charge is 0.255 e. The number of nitrogens with one attached hydrogen (secondary N) is 1. The second-order valence-corrected chi connectivity index (χ2v) is 15.7. The van der Waals surface area contributed by atoms with Crippen LogP contribution in [0.3, 0.4) is 0 Å². The van der Waals surface area contributed by atoms with Crippen LogP contribution < -0.4 is 15.0 Å². The fraction of sp³-hybridized carbons (Fsp3) is 0.419. The third-order valence-electron chi connectivity index (χ3n) is 11.6. The summed E-state index contributed by atoms with van der Waals surface area (Å²) in [5.74, 6) is 7.54. The standard InChI is InChI=1S/C43H43ClN6O5/c44-38-22-36(9-6-32(38)23-45)55-35-15-19-49(20-16-35)42(53)31-4-7-34(8-5-31)48-17-13-29(14-18-48)24-47-25-30(26-47)2-1-28-3-10-37-33(21-28)27-50(43(37)54)39-11-12-40(51)46-41(39)52/h3-10,21-22,29-30,35,39H,11-20,24-27H2,(H,46,51,52). The molecule has 8 rings (SSSR count). The molecule has 0 aliphatic carbocycles. The molecule has 0 radical (unpaired) electrons. The normalized spacial score (nSPS) is 21.0. The summed E-state index contributed by atoms with van der Waals surface area (Å²) in [6.07, 6.45) is 4.31. The summed E-state index contributed by atoms with van der Waals surface area (Å²) in [5.41, 5.74) is 4.63. The third kappa shape index (κ3) is 8.05. The van der Waals surface area contributed by atoms with E-state index in [0.29, 0.717) is 65.4 Å². The molecule has 5 heterocycles. The van der Waals surface area contributed by atoms with Gasteiger partial charge in [0.05, 0.1) is 10.6 Å². The van der Waals surface area contributed by atoms with E-state index in [9.17, 15) is 19.2 Å². The number of carbonyl (C=O) groups is 4. The van der Waals surface area contributed by atoms with E-state index in [4.69, 9.17) is 21.6 Å². The molecule has 4 saturated heterocycles. The highest BCUT2D eigenvalue weighted by Gasteiger charge is 2.39. The first-order valence-corrected chi connectivity index (χ1v) is 19.6. The summed E-state index contributed by atoms with van der Waals surface area (Å²) in [5, 5.41) is 11.8. The lowest BCUT2D eigenvalue weighted by Gasteiger charge is -2.41. The van der Waals surface area contributed by atoms with Crippen molar-refractivity contribution in [2.45, 2.75) is 57.2 Å². The number of benzene rings is 3. The van der Waals surface area contributed by atoms with Gasteiger partial charge in [-0.05, 0) is 85.3 Å². The third-order valence-corrected chi connectivity index (χ3v) is 11.9. The summed E-state index contributed by atoms with van der Waals surface area (Å²) in [4.78, 5) is 58.6. The Morgan fingerprint density at radius 1 is 0.909 bits per heavy atom. The lowest BCUT2D eigenvalue weighted by molar-refractivity contribution is -0.136. The van der Waals surface area contributed by atoms with Crippen molar-refractivity contribution >= 4 is 40.9 Å². The van der Waals surface area contributed by atoms with Gasteiger partial charge in [0.1, 0.15) is 24.0 Å². The van der Waals surface area contributed by atoms with Gasteiger partial charge >= 0.3 is 0 Å². The number of amides is 4. The van der Waals surface area contributed by atoms with Gasteiger partial charge in [-0.1, -0.05) is 23.4 Å². The average molecular weight is 759 g/mol. The van der Waals surface area contributed by atoms with E-state index in [1.807, 2.05) is 29.2 Å². The first-order valence-electron chi connectivity index (χ1n) is 19.2. The quantitative estimate of drug-likeness (QED) is 0.268. The van der Waals surface area contributed by atoms with E-state index in [1.165, 1.54) is 0 Å². The van der Waals surface area contributed by atoms with Crippen LogP contribution >= 0.6 is 11.6 Å². The number of hydrogen-bond donors (Lipinski definition) is 1. The summed E-state index contributed by atoms with van der Waals surface area (Å²) in [6.45, 7) is 6.61. The van der Waals surface area contributed by atoms with Crippen molar-refractivity contribution in [1.82, 2.24) is 20.0 Å². The minimum absolute atomic E-state index is 0.00491. The number of piperidine rings is 3. The number of rotatable bonds is 7. The van der Waals surface area contributed by atoms with E-state index >= 15 is 0 Å². The van der Waals surface area contributed by atoms with E-state index in [2.05, 4.69) is 45.2 Å². The minimum atomic E-state index is -0.615. The van der Waals surface area contributed by atoms with Crippen molar-refractivity contribution in [3.63, 3.8) is 0 Å². The van der Waals surface area contributed by atoms with Crippen LogP contribution in [0.1, 0.15) is 75.9 Å². The Hall–Kier alpha value is -5.36. The number of fused-ring (bicyclic) bond motifs is 1. The Balaban J connectivity index is 0.747. The predicted octanol–water partition coefficient (Wildman–Crippen LogP) is 4.86. The highest BCUT2D eigenvalue weighted by Crippen LogP contribution is 2.30. The minimum Gasteiger partial charge on any atom is -0.490 e. The molecule has 0 aromatic heterocycles. The zero-order valence-corrected chi connectivity index (χ0v) is 31.4. The van der Waals surface area contributed by atoms with Crippen LogP contribution in [0.5, 0.6) is 5.75 Å². The van der Waals surface area contributed by atoms with Gasteiger partial charge < -0.3 is 24.3 Å². The number of hydrogen-bond acceptors (Lipinski definition) is 8. The lowest BCUT2D eigenvalue weighted by Crippen LogP contribution is -2.52. The van der Waals surface area contributed by atoms with Gasteiger partial charge in [-0.3, -0.25) is 24.5 Å². The second-order valence-electron chi connectivity index (χ2n) is 15.3. The molecule has 4 fully saturated rings. The first-order chi connectivity index (χ1) is 26.7. The Labute approximate surface area is 326 Å². The molecule has 3 aromatic rings. The monoisotopic (exact) mass is 758 g/mol. The summed E-state index contributed by atoms with van der Waals surface area (Å²) in [7, 11) is 0. The highest BCUT2D eigenvalue weighted by molar-refractivity contribution is 6.31. The fourth-order valence-electron chi connectivity index (χ4n) is 8.41. The molecule has 55 heavy (non-hydrogen) atoms. The van der Waals surface area contributed by atoms with Crippen LogP contribution in [0, 0.1) is 35.0 Å². The number of nitriles is 1. The van der Waals surface area contributed by atoms with Crippen LogP contribution in [-0.2, 0) is 16.1 Å². The molecule has 4 amide bonds. The van der Waals surface area contributed by atoms with Gasteiger partial charge in [0.25, 0.3) is 11.8 Å². The second kappa shape index (κ2) is 15.8. The fourth-order valence-corrected chi connectivity index (χ4v) is 8.63. The Morgan fingerprint density at radius 2 is 1.67 bits per heavy atom. The number of imide groups is 1. The molecular weight excluding hydrogens is 716 g/mol. The topological polar surface area (TPSA) is 126 Å².